The van der Waals surface area contributed by atoms with Crippen molar-refractivity contribution in [2.75, 3.05) is 19.7 Å². The van der Waals surface area contributed by atoms with Crippen molar-refractivity contribution in [3.63, 3.8) is 0 Å². The standard InChI is InChI=1S/C12H23IN2O4/c1-10(6-9-16)19-12(18)15-8-5-3-2-4-7-14-11(13)17/h10,16H,2-9H2,1H3,(H,14,17)(H,15,18). The van der Waals surface area contributed by atoms with E-state index in [1.54, 1.807) is 29.5 Å². The second kappa shape index (κ2) is 12.5. The SMILES string of the molecule is CC(CCO)OC(=O)NCCCCCCNC(=O)I. The zero-order valence-corrected chi connectivity index (χ0v) is 13.4. The molecule has 3 N–H and O–H groups in total. The fraction of sp³-hybridized carbons (Fsp3) is 0.833. The summed E-state index contributed by atoms with van der Waals surface area (Å²) < 4.78 is 4.98. The number of nitrogens with one attached hydrogen (secondary N) is 2. The molecule has 0 aromatic rings. The second-order valence-electron chi connectivity index (χ2n) is 4.27. The number of halogens is 1. The van der Waals surface area contributed by atoms with Crippen molar-refractivity contribution in [1.82, 2.24) is 10.6 Å². The number of alkyl carbamates (subject to hydrolysis) is 1. The van der Waals surface area contributed by atoms with Gasteiger partial charge >= 0.3 is 6.09 Å². The summed E-state index contributed by atoms with van der Waals surface area (Å²) in [6, 6.07) is 0. The second-order valence-corrected chi connectivity index (χ2v) is 5.25. The van der Waals surface area contributed by atoms with Crippen LogP contribution in [0.2, 0.25) is 0 Å². The highest BCUT2D eigenvalue weighted by molar-refractivity contribution is 14.1. The van der Waals surface area contributed by atoms with E-state index in [0.29, 0.717) is 19.5 Å². The van der Waals surface area contributed by atoms with Gasteiger partial charge in [-0.25, -0.2) is 4.79 Å². The number of aliphatic hydroxyl groups is 1. The van der Waals surface area contributed by atoms with Crippen LogP contribution in [0.1, 0.15) is 39.0 Å². The average molecular weight is 386 g/mol. The van der Waals surface area contributed by atoms with Gasteiger partial charge in [0.1, 0.15) is 6.10 Å². The summed E-state index contributed by atoms with van der Waals surface area (Å²) in [7, 11) is 0. The van der Waals surface area contributed by atoms with E-state index >= 15 is 0 Å². The summed E-state index contributed by atoms with van der Waals surface area (Å²) >= 11 is 1.71. The molecule has 0 saturated heterocycles. The van der Waals surface area contributed by atoms with Crippen LogP contribution < -0.4 is 10.6 Å². The molecule has 2 amide bonds. The van der Waals surface area contributed by atoms with E-state index in [4.69, 9.17) is 9.84 Å². The Morgan fingerprint density at radius 3 is 2.26 bits per heavy atom. The summed E-state index contributed by atoms with van der Waals surface area (Å²) in [5.41, 5.74) is 0. The fourth-order valence-electron chi connectivity index (χ4n) is 1.45. The van der Waals surface area contributed by atoms with Crippen molar-refractivity contribution in [3.8, 4) is 0 Å². The van der Waals surface area contributed by atoms with Gasteiger partial charge in [0, 0.05) is 48.7 Å². The quantitative estimate of drug-likeness (QED) is 0.233. The molecule has 112 valence electrons. The number of carbonyl (C=O) groups is 2. The van der Waals surface area contributed by atoms with Crippen LogP contribution in [0.15, 0.2) is 0 Å². The highest BCUT2D eigenvalue weighted by Gasteiger charge is 2.07. The van der Waals surface area contributed by atoms with Gasteiger partial charge in [0.15, 0.2) is 0 Å². The van der Waals surface area contributed by atoms with Crippen molar-refractivity contribution in [2.45, 2.75) is 45.1 Å². The Labute approximate surface area is 127 Å². The minimum absolute atomic E-state index is 0.0161. The van der Waals surface area contributed by atoms with Gasteiger partial charge in [-0.15, -0.1) is 0 Å². The molecule has 0 heterocycles. The Balaban J connectivity index is 3.29. The molecule has 1 unspecified atom stereocenters. The van der Waals surface area contributed by atoms with Crippen LogP contribution in [0.5, 0.6) is 0 Å². The van der Waals surface area contributed by atoms with Gasteiger partial charge in [0.2, 0.25) is 0 Å². The Morgan fingerprint density at radius 1 is 1.16 bits per heavy atom. The van der Waals surface area contributed by atoms with Crippen molar-refractivity contribution in [2.24, 2.45) is 0 Å². The van der Waals surface area contributed by atoms with Crippen LogP contribution in [-0.2, 0) is 4.74 Å². The molecule has 0 rings (SSSR count). The van der Waals surface area contributed by atoms with Gasteiger partial charge in [-0.2, -0.15) is 0 Å². The first-order chi connectivity index (χ1) is 9.06. The van der Waals surface area contributed by atoms with Crippen LogP contribution in [0.25, 0.3) is 0 Å². The topological polar surface area (TPSA) is 87.7 Å². The first-order valence-corrected chi connectivity index (χ1v) is 7.62. The number of amides is 2. The molecule has 0 bridgehead atoms. The zero-order chi connectivity index (χ0) is 14.5. The number of hydrogen-bond donors (Lipinski definition) is 3. The molecule has 19 heavy (non-hydrogen) atoms. The van der Waals surface area contributed by atoms with Crippen LogP contribution in [-0.4, -0.2) is 40.9 Å². The van der Waals surface area contributed by atoms with Gasteiger partial charge < -0.3 is 20.5 Å². The molecule has 0 fully saturated rings. The van der Waals surface area contributed by atoms with Crippen molar-refractivity contribution >= 4 is 32.6 Å². The Kier molecular flexibility index (Phi) is 12.1. The Hall–Kier alpha value is -0.570. The number of hydrogen-bond acceptors (Lipinski definition) is 4. The maximum Gasteiger partial charge on any atom is 0.407 e. The highest BCUT2D eigenvalue weighted by Crippen LogP contribution is 2.00. The minimum Gasteiger partial charge on any atom is -0.446 e. The summed E-state index contributed by atoms with van der Waals surface area (Å²) in [6.45, 7) is 3.05. The predicted molar refractivity (Wildman–Crippen MR) is 81.5 cm³/mol. The number of ether oxygens (including phenoxy) is 1. The number of rotatable bonds is 10. The summed E-state index contributed by atoms with van der Waals surface area (Å²) in [4.78, 5) is 21.9. The molecule has 0 radical (unpaired) electrons. The Morgan fingerprint density at radius 2 is 1.74 bits per heavy atom. The maximum atomic E-state index is 11.3. The van der Waals surface area contributed by atoms with Crippen LogP contribution >= 0.6 is 22.6 Å². The van der Waals surface area contributed by atoms with Crippen molar-refractivity contribution in [3.05, 3.63) is 0 Å². The summed E-state index contributed by atoms with van der Waals surface area (Å²) in [5, 5.41) is 14.1. The predicted octanol–water partition coefficient (Wildman–Crippen LogP) is 2.19. The first kappa shape index (κ1) is 18.4. The third-order valence-corrected chi connectivity index (χ3v) is 2.86. The van der Waals surface area contributed by atoms with Crippen molar-refractivity contribution in [1.29, 1.82) is 0 Å². The molecule has 0 aliphatic heterocycles. The third-order valence-electron chi connectivity index (χ3n) is 2.48. The molecule has 0 aliphatic rings. The highest BCUT2D eigenvalue weighted by atomic mass is 127. The van der Waals surface area contributed by atoms with Crippen LogP contribution in [0.4, 0.5) is 9.59 Å². The molecule has 7 heteroatoms. The molecule has 0 spiro atoms. The van der Waals surface area contributed by atoms with Gasteiger partial charge in [-0.05, 0) is 19.8 Å². The monoisotopic (exact) mass is 386 g/mol. The van der Waals surface area contributed by atoms with E-state index in [1.807, 2.05) is 0 Å². The molecule has 0 aromatic carbocycles. The van der Waals surface area contributed by atoms with E-state index in [-0.39, 0.29) is 16.6 Å². The fourth-order valence-corrected chi connectivity index (χ4v) is 1.72. The molecule has 1 atom stereocenters. The first-order valence-electron chi connectivity index (χ1n) is 6.55. The van der Waals surface area contributed by atoms with Crippen LogP contribution in [0, 0.1) is 0 Å². The number of aliphatic hydroxyl groups excluding tert-OH is 1. The third kappa shape index (κ3) is 13.7. The van der Waals surface area contributed by atoms with Gasteiger partial charge in [0.05, 0.1) is 0 Å². The van der Waals surface area contributed by atoms with Gasteiger partial charge in [0.25, 0.3) is 3.91 Å². The van der Waals surface area contributed by atoms with E-state index in [1.165, 1.54) is 0 Å². The largest absolute Gasteiger partial charge is 0.446 e. The summed E-state index contributed by atoms with van der Waals surface area (Å²) in [6.07, 6.45) is 3.63. The lowest BCUT2D eigenvalue weighted by molar-refractivity contribution is 0.0902. The molecule has 0 aliphatic carbocycles. The lowest BCUT2D eigenvalue weighted by Gasteiger charge is -2.12. The molecular formula is C12H23IN2O4. The van der Waals surface area contributed by atoms with E-state index in [9.17, 15) is 9.59 Å². The lowest BCUT2D eigenvalue weighted by atomic mass is 10.2. The van der Waals surface area contributed by atoms with E-state index in [0.717, 1.165) is 25.7 Å². The number of unbranched alkanes of at least 4 members (excludes halogenated alkanes) is 3. The minimum atomic E-state index is -0.432. The molecule has 6 nitrogen and oxygen atoms in total. The smallest absolute Gasteiger partial charge is 0.407 e. The average Bonchev–Trinajstić information content (AvgIpc) is 2.32. The molecular weight excluding hydrogens is 363 g/mol. The Bertz CT molecular complexity index is 264. The van der Waals surface area contributed by atoms with E-state index < -0.39 is 6.09 Å². The number of carbonyl (C=O) groups excluding carboxylic acids is 2. The lowest BCUT2D eigenvalue weighted by Crippen LogP contribution is -2.29. The maximum absolute atomic E-state index is 11.3. The van der Waals surface area contributed by atoms with Gasteiger partial charge in [-0.3, -0.25) is 4.79 Å². The normalized spacial score (nSPS) is 11.7. The molecule has 0 aromatic heterocycles. The molecule has 0 saturated carbocycles. The van der Waals surface area contributed by atoms with Crippen molar-refractivity contribution < 1.29 is 19.4 Å². The van der Waals surface area contributed by atoms with Crippen LogP contribution in [0.3, 0.4) is 0 Å². The van der Waals surface area contributed by atoms with E-state index in [2.05, 4.69) is 10.6 Å². The zero-order valence-electron chi connectivity index (χ0n) is 11.3. The summed E-state index contributed by atoms with van der Waals surface area (Å²) in [5.74, 6) is 0. The van der Waals surface area contributed by atoms with Gasteiger partial charge in [-0.1, -0.05) is 12.8 Å².